The summed E-state index contributed by atoms with van der Waals surface area (Å²) in [6.07, 6.45) is 0. The van der Waals surface area contributed by atoms with Gasteiger partial charge in [0.05, 0.1) is 100 Å². The molecule has 0 amide bonds. The second kappa shape index (κ2) is 19.3. The Morgan fingerprint density at radius 1 is 0.104 bits per heavy atom. The third-order valence-corrected chi connectivity index (χ3v) is 21.1. The molecule has 0 aliphatic heterocycles. The molecule has 6 heteroatoms. The largest absolute Gasteiger partial charge is 0.307 e. The molecule has 444 valence electrons. The highest BCUT2D eigenvalue weighted by molar-refractivity contribution is 6.29. The summed E-state index contributed by atoms with van der Waals surface area (Å²) < 4.78 is 15.3. The Hall–Kier alpha value is -12.9. The maximum Gasteiger partial charge on any atom is 0.0709 e. The first-order valence-corrected chi connectivity index (χ1v) is 33.2. The molecule has 0 fully saturated rings. The molecular formula is C90H54N6. The van der Waals surface area contributed by atoms with E-state index in [4.69, 9.17) is 0 Å². The van der Waals surface area contributed by atoms with Crippen molar-refractivity contribution in [3.8, 4) is 34.1 Å². The lowest BCUT2D eigenvalue weighted by Gasteiger charge is -2.24. The van der Waals surface area contributed by atoms with Crippen molar-refractivity contribution >= 4 is 163 Å². The van der Waals surface area contributed by atoms with Crippen LogP contribution in [0.15, 0.2) is 328 Å². The molecule has 96 heavy (non-hydrogen) atoms. The molecule has 0 spiro atoms. The van der Waals surface area contributed by atoms with Gasteiger partial charge in [-0.05, 0) is 142 Å². The van der Waals surface area contributed by atoms with Crippen molar-refractivity contribution in [3.63, 3.8) is 0 Å². The average molecular weight is 1220 g/mol. The zero-order chi connectivity index (χ0) is 62.4. The fraction of sp³-hybridized carbons (Fsp3) is 0. The van der Waals surface area contributed by atoms with Crippen LogP contribution >= 0.6 is 0 Å². The van der Waals surface area contributed by atoms with Crippen LogP contribution < -0.4 is 0 Å². The van der Waals surface area contributed by atoms with Crippen LogP contribution in [-0.4, -0.2) is 27.4 Å². The number of hydrogen-bond donors (Lipinski definition) is 0. The predicted molar refractivity (Wildman–Crippen MR) is 405 cm³/mol. The zero-order valence-corrected chi connectivity index (χ0v) is 51.9. The lowest BCUT2D eigenvalue weighted by molar-refractivity contribution is 1.10. The zero-order valence-electron chi connectivity index (χ0n) is 51.9. The van der Waals surface area contributed by atoms with Crippen LogP contribution in [-0.2, 0) is 0 Å². The second-order valence-electron chi connectivity index (χ2n) is 25.9. The van der Waals surface area contributed by atoms with E-state index in [1.807, 2.05) is 0 Å². The van der Waals surface area contributed by atoms with Crippen LogP contribution in [0, 0.1) is 0 Å². The van der Waals surface area contributed by atoms with E-state index in [0.717, 1.165) is 133 Å². The van der Waals surface area contributed by atoms with Gasteiger partial charge < -0.3 is 27.4 Å². The first kappa shape index (κ1) is 51.7. The number of fused-ring (bicyclic) bond motifs is 24. The minimum absolute atomic E-state index is 1.08. The van der Waals surface area contributed by atoms with Gasteiger partial charge in [-0.15, -0.1) is 0 Å². The van der Waals surface area contributed by atoms with Gasteiger partial charge in [-0.2, -0.15) is 0 Å². The number of rotatable bonds is 6. The van der Waals surface area contributed by atoms with Crippen molar-refractivity contribution in [1.29, 1.82) is 0 Å². The summed E-state index contributed by atoms with van der Waals surface area (Å²) in [6.45, 7) is 0. The van der Waals surface area contributed by atoms with Crippen LogP contribution in [0.2, 0.25) is 0 Å². The molecule has 0 radical (unpaired) electrons. The number of hydrogen-bond acceptors (Lipinski definition) is 0. The Kier molecular flexibility index (Phi) is 10.4. The van der Waals surface area contributed by atoms with Gasteiger partial charge in [-0.1, -0.05) is 218 Å². The van der Waals surface area contributed by atoms with Gasteiger partial charge in [0.1, 0.15) is 0 Å². The van der Waals surface area contributed by atoms with Crippen molar-refractivity contribution in [2.24, 2.45) is 0 Å². The fourth-order valence-corrected chi connectivity index (χ4v) is 17.2. The van der Waals surface area contributed by atoms with E-state index in [0.29, 0.717) is 0 Å². The number of benzene rings is 16. The van der Waals surface area contributed by atoms with Gasteiger partial charge in [-0.3, -0.25) is 0 Å². The van der Waals surface area contributed by atoms with Gasteiger partial charge >= 0.3 is 0 Å². The predicted octanol–water partition coefficient (Wildman–Crippen LogP) is 23.7. The third kappa shape index (κ3) is 6.88. The van der Waals surface area contributed by atoms with E-state index in [1.165, 1.54) is 64.6 Å². The molecule has 6 nitrogen and oxygen atoms in total. The number of nitrogens with zero attached hydrogens (tertiary/aromatic N) is 6. The Morgan fingerprint density at radius 3 is 0.302 bits per heavy atom. The van der Waals surface area contributed by atoms with Crippen LogP contribution in [0.4, 0.5) is 0 Å². The quantitative estimate of drug-likeness (QED) is 0.149. The van der Waals surface area contributed by atoms with E-state index in [1.54, 1.807) is 0 Å². The molecule has 0 atom stereocenters. The minimum atomic E-state index is 1.08. The Balaban J connectivity index is 1.02. The van der Waals surface area contributed by atoms with Gasteiger partial charge in [0, 0.05) is 64.6 Å². The normalized spacial score (nSPS) is 12.4. The Labute approximate surface area is 549 Å². The molecule has 0 aliphatic carbocycles. The van der Waals surface area contributed by atoms with E-state index in [9.17, 15) is 0 Å². The summed E-state index contributed by atoms with van der Waals surface area (Å²) >= 11 is 0. The summed E-state index contributed by atoms with van der Waals surface area (Å²) in [5.41, 5.74) is 20.3. The second-order valence-corrected chi connectivity index (χ2v) is 25.9. The molecule has 0 aliphatic rings. The summed E-state index contributed by atoms with van der Waals surface area (Å²) in [6, 6.07) is 123. The molecule has 0 saturated heterocycles. The number of aromatic nitrogens is 6. The van der Waals surface area contributed by atoms with E-state index in [2.05, 4.69) is 355 Å². The summed E-state index contributed by atoms with van der Waals surface area (Å²) in [5.74, 6) is 0. The summed E-state index contributed by atoms with van der Waals surface area (Å²) in [4.78, 5) is 0. The third-order valence-electron chi connectivity index (χ3n) is 21.1. The SMILES string of the molecule is c1ccc2c(c1)c1ccccc1n2-c1cc2c3cc(-n4c5ccccc5c5ccccc54)c(-n4c5ccccc5c5ccccc54)cc3c3cc(-n4c5ccccc5c5ccccc54)c(-n4c5ccccc5c5ccccc54)cc3c2cc1-n1c2ccccc2c2ccccc21. The van der Waals surface area contributed by atoms with Crippen LogP contribution in [0.25, 0.3) is 197 Å². The lowest BCUT2D eigenvalue weighted by atomic mass is 9.91. The van der Waals surface area contributed by atoms with Crippen molar-refractivity contribution in [3.05, 3.63) is 328 Å². The van der Waals surface area contributed by atoms with Crippen LogP contribution in [0.5, 0.6) is 0 Å². The van der Waals surface area contributed by atoms with Gasteiger partial charge in [0.25, 0.3) is 0 Å². The molecule has 0 unspecified atom stereocenters. The molecular weight excluding hydrogens is 1170 g/mol. The minimum Gasteiger partial charge on any atom is -0.307 e. The highest BCUT2D eigenvalue weighted by Gasteiger charge is 2.28. The molecule has 22 aromatic rings. The lowest BCUT2D eigenvalue weighted by Crippen LogP contribution is -2.07. The topological polar surface area (TPSA) is 29.6 Å². The van der Waals surface area contributed by atoms with Crippen LogP contribution in [0.1, 0.15) is 0 Å². The fourth-order valence-electron chi connectivity index (χ4n) is 17.2. The van der Waals surface area contributed by atoms with E-state index < -0.39 is 0 Å². The molecule has 0 saturated carbocycles. The van der Waals surface area contributed by atoms with Crippen molar-refractivity contribution < 1.29 is 0 Å². The molecule has 16 aromatic carbocycles. The van der Waals surface area contributed by atoms with Gasteiger partial charge in [-0.25, -0.2) is 0 Å². The smallest absolute Gasteiger partial charge is 0.0709 e. The highest BCUT2D eigenvalue weighted by atomic mass is 15.1. The first-order chi connectivity index (χ1) is 47.7. The monoisotopic (exact) mass is 1220 g/mol. The van der Waals surface area contributed by atoms with Crippen molar-refractivity contribution in [1.82, 2.24) is 27.4 Å². The summed E-state index contributed by atoms with van der Waals surface area (Å²) in [5, 5.41) is 21.4. The first-order valence-electron chi connectivity index (χ1n) is 33.2. The molecule has 0 bridgehead atoms. The van der Waals surface area contributed by atoms with Gasteiger partial charge in [0.2, 0.25) is 0 Å². The van der Waals surface area contributed by atoms with Crippen molar-refractivity contribution in [2.75, 3.05) is 0 Å². The maximum atomic E-state index is 2.56. The summed E-state index contributed by atoms with van der Waals surface area (Å²) in [7, 11) is 0. The van der Waals surface area contributed by atoms with E-state index in [-0.39, 0.29) is 0 Å². The maximum absolute atomic E-state index is 2.56. The average Bonchev–Trinajstić information content (AvgIpc) is 1.12. The van der Waals surface area contributed by atoms with E-state index >= 15 is 0 Å². The van der Waals surface area contributed by atoms with Crippen LogP contribution in [0.3, 0.4) is 0 Å². The molecule has 6 aromatic heterocycles. The Morgan fingerprint density at radius 2 is 0.198 bits per heavy atom. The standard InChI is InChI=1S/C90H54N6/c1-13-37-73-55(25-1)56-26-2-14-38-74(56)91(73)85-49-67-68(50-86(85)92-75-39-15-3-27-57(75)58-28-4-16-40-76(58)92)70-52-88(94-79-43-19-7-31-61(79)62-32-8-20-44-80(62)94)90(96-83-47-23-11-35-65(83)66-36-12-24-48-84(66)96)54-72(70)71-53-89(95-81-45-21-9-33-63(81)64-34-10-22-46-82(64)95)87(51-69(67)71)93-77-41-17-5-29-59(77)60-30-6-18-42-78(60)93/h1-54H. The molecule has 22 rings (SSSR count). The molecule has 6 heterocycles. The highest BCUT2D eigenvalue weighted by Crippen LogP contribution is 2.50. The van der Waals surface area contributed by atoms with Crippen molar-refractivity contribution in [2.45, 2.75) is 0 Å². The number of para-hydroxylation sites is 12. The van der Waals surface area contributed by atoms with Gasteiger partial charge in [0.15, 0.2) is 0 Å². The Bertz CT molecular complexity index is 5700. The molecule has 0 N–H and O–H groups in total.